The van der Waals surface area contributed by atoms with Crippen LogP contribution in [0.1, 0.15) is 5.56 Å². The van der Waals surface area contributed by atoms with Gasteiger partial charge in [0.15, 0.2) is 11.2 Å². The Morgan fingerprint density at radius 3 is 2.67 bits per heavy atom. The first-order valence-corrected chi connectivity index (χ1v) is 5.51. The van der Waals surface area contributed by atoms with Gasteiger partial charge in [0.05, 0.1) is 18.2 Å². The highest BCUT2D eigenvalue weighted by Crippen LogP contribution is 2.17. The largest absolute Gasteiger partial charge is 0.311 e. The van der Waals surface area contributed by atoms with Crippen LogP contribution in [0.2, 0.25) is 0 Å². The standard InChI is InChI=1S/C13H10N4O/c1-8-2-4-9(5-3-8)10-6-14-12-11(17-10)13(18)16-7-15-12/h2-7H,1H3,(H,14,15,16,18). The van der Waals surface area contributed by atoms with Gasteiger partial charge in [-0.2, -0.15) is 0 Å². The van der Waals surface area contributed by atoms with E-state index in [1.807, 2.05) is 31.2 Å². The lowest BCUT2D eigenvalue weighted by Crippen LogP contribution is -2.09. The van der Waals surface area contributed by atoms with Crippen molar-refractivity contribution in [2.75, 3.05) is 0 Å². The monoisotopic (exact) mass is 238 g/mol. The normalized spacial score (nSPS) is 10.7. The van der Waals surface area contributed by atoms with Gasteiger partial charge in [0.2, 0.25) is 0 Å². The molecule has 0 amide bonds. The van der Waals surface area contributed by atoms with Gasteiger partial charge < -0.3 is 4.98 Å². The molecule has 5 nitrogen and oxygen atoms in total. The number of H-pyrrole nitrogens is 1. The lowest BCUT2D eigenvalue weighted by molar-refractivity contribution is 1.11. The van der Waals surface area contributed by atoms with Crippen molar-refractivity contribution in [3.8, 4) is 11.3 Å². The number of nitrogens with one attached hydrogen (secondary N) is 1. The summed E-state index contributed by atoms with van der Waals surface area (Å²) in [5.74, 6) is 0. The van der Waals surface area contributed by atoms with Crippen molar-refractivity contribution in [2.24, 2.45) is 0 Å². The third kappa shape index (κ3) is 1.75. The molecule has 0 aliphatic carbocycles. The number of hydrogen-bond acceptors (Lipinski definition) is 4. The highest BCUT2D eigenvalue weighted by Gasteiger charge is 2.05. The van der Waals surface area contributed by atoms with Crippen molar-refractivity contribution in [3.05, 3.63) is 52.7 Å². The van der Waals surface area contributed by atoms with E-state index in [9.17, 15) is 4.79 Å². The molecule has 0 unspecified atom stereocenters. The SMILES string of the molecule is Cc1ccc(-c2cnc3nc[nH]c(=O)c3n2)cc1. The minimum absolute atomic E-state index is 0.260. The molecule has 2 aromatic heterocycles. The Morgan fingerprint density at radius 1 is 1.11 bits per heavy atom. The van der Waals surface area contributed by atoms with Gasteiger partial charge in [-0.1, -0.05) is 29.8 Å². The molecule has 3 rings (SSSR count). The Kier molecular flexibility index (Phi) is 2.37. The van der Waals surface area contributed by atoms with E-state index < -0.39 is 0 Å². The lowest BCUT2D eigenvalue weighted by Gasteiger charge is -2.01. The number of nitrogens with zero attached hydrogens (tertiary/aromatic N) is 3. The van der Waals surface area contributed by atoms with Crippen LogP contribution < -0.4 is 5.56 Å². The Bertz CT molecular complexity index is 762. The maximum atomic E-state index is 11.6. The van der Waals surface area contributed by atoms with Crippen LogP contribution in [0.15, 0.2) is 41.6 Å². The molecule has 0 fully saturated rings. The van der Waals surface area contributed by atoms with Crippen LogP contribution in [0, 0.1) is 6.92 Å². The fourth-order valence-corrected chi connectivity index (χ4v) is 1.71. The van der Waals surface area contributed by atoms with Gasteiger partial charge in [0.25, 0.3) is 5.56 Å². The summed E-state index contributed by atoms with van der Waals surface area (Å²) in [5, 5.41) is 0. The van der Waals surface area contributed by atoms with Gasteiger partial charge in [-0.3, -0.25) is 4.79 Å². The minimum Gasteiger partial charge on any atom is -0.311 e. The number of rotatable bonds is 1. The van der Waals surface area contributed by atoms with E-state index >= 15 is 0 Å². The summed E-state index contributed by atoms with van der Waals surface area (Å²) in [6.07, 6.45) is 2.95. The molecule has 0 bridgehead atoms. The molecule has 1 N–H and O–H groups in total. The predicted octanol–water partition coefficient (Wildman–Crippen LogP) is 1.69. The van der Waals surface area contributed by atoms with Gasteiger partial charge in [-0.25, -0.2) is 15.0 Å². The molecule has 0 aliphatic rings. The molecule has 1 aromatic carbocycles. The zero-order chi connectivity index (χ0) is 12.5. The summed E-state index contributed by atoms with van der Waals surface area (Å²) < 4.78 is 0. The van der Waals surface area contributed by atoms with Crippen LogP contribution >= 0.6 is 0 Å². The van der Waals surface area contributed by atoms with E-state index in [0.29, 0.717) is 11.3 Å². The Balaban J connectivity index is 2.22. The number of aromatic nitrogens is 4. The molecule has 0 saturated carbocycles. The second-order valence-electron chi connectivity index (χ2n) is 4.03. The van der Waals surface area contributed by atoms with Gasteiger partial charge >= 0.3 is 0 Å². The number of aromatic amines is 1. The van der Waals surface area contributed by atoms with Crippen LogP contribution in [-0.2, 0) is 0 Å². The Morgan fingerprint density at radius 2 is 1.89 bits per heavy atom. The summed E-state index contributed by atoms with van der Waals surface area (Å²) >= 11 is 0. The highest BCUT2D eigenvalue weighted by atomic mass is 16.1. The lowest BCUT2D eigenvalue weighted by atomic mass is 10.1. The summed E-state index contributed by atoms with van der Waals surface area (Å²) in [6.45, 7) is 2.02. The zero-order valence-corrected chi connectivity index (χ0v) is 9.71. The fourth-order valence-electron chi connectivity index (χ4n) is 1.71. The second-order valence-corrected chi connectivity index (χ2v) is 4.03. The molecule has 2 heterocycles. The van der Waals surface area contributed by atoms with Gasteiger partial charge in [0, 0.05) is 5.56 Å². The highest BCUT2D eigenvalue weighted by molar-refractivity contribution is 5.72. The second kappa shape index (κ2) is 4.03. The van der Waals surface area contributed by atoms with Crippen molar-refractivity contribution < 1.29 is 0 Å². The van der Waals surface area contributed by atoms with Crippen molar-refractivity contribution in [1.82, 2.24) is 19.9 Å². The van der Waals surface area contributed by atoms with Gasteiger partial charge in [0.1, 0.15) is 0 Å². The smallest absolute Gasteiger partial charge is 0.278 e. The molecule has 0 spiro atoms. The fraction of sp³-hybridized carbons (Fsp3) is 0.0769. The van der Waals surface area contributed by atoms with Crippen LogP contribution in [0.5, 0.6) is 0 Å². The number of aryl methyl sites for hydroxylation is 1. The number of benzene rings is 1. The van der Waals surface area contributed by atoms with E-state index in [0.717, 1.165) is 5.56 Å². The summed E-state index contributed by atoms with van der Waals surface area (Å²) in [6, 6.07) is 7.90. The molecule has 0 saturated heterocycles. The first-order valence-electron chi connectivity index (χ1n) is 5.51. The maximum Gasteiger partial charge on any atom is 0.278 e. The third-order valence-corrected chi connectivity index (χ3v) is 2.70. The number of hydrogen-bond donors (Lipinski definition) is 1. The molecule has 0 aliphatic heterocycles. The molecule has 0 atom stereocenters. The predicted molar refractivity (Wildman–Crippen MR) is 68.1 cm³/mol. The van der Waals surface area contributed by atoms with Crippen LogP contribution in [0.4, 0.5) is 0 Å². The summed E-state index contributed by atoms with van der Waals surface area (Å²) in [7, 11) is 0. The molecule has 18 heavy (non-hydrogen) atoms. The molecular formula is C13H10N4O. The van der Waals surface area contributed by atoms with E-state index in [1.165, 1.54) is 11.9 Å². The average molecular weight is 238 g/mol. The summed E-state index contributed by atoms with van der Waals surface area (Å²) in [4.78, 5) is 26.5. The molecular weight excluding hydrogens is 228 g/mol. The van der Waals surface area contributed by atoms with Crippen LogP contribution in [0.3, 0.4) is 0 Å². The molecule has 5 heteroatoms. The van der Waals surface area contributed by atoms with E-state index in [4.69, 9.17) is 0 Å². The minimum atomic E-state index is -0.276. The van der Waals surface area contributed by atoms with Crippen molar-refractivity contribution >= 4 is 11.2 Å². The average Bonchev–Trinajstić information content (AvgIpc) is 2.40. The maximum absolute atomic E-state index is 11.6. The first-order chi connectivity index (χ1) is 8.74. The quantitative estimate of drug-likeness (QED) is 0.700. The molecule has 0 radical (unpaired) electrons. The molecule has 88 valence electrons. The number of fused-ring (bicyclic) bond motifs is 1. The van der Waals surface area contributed by atoms with Crippen LogP contribution in [0.25, 0.3) is 22.4 Å². The molecule has 3 aromatic rings. The van der Waals surface area contributed by atoms with E-state index in [-0.39, 0.29) is 11.1 Å². The zero-order valence-electron chi connectivity index (χ0n) is 9.71. The van der Waals surface area contributed by atoms with Crippen LogP contribution in [-0.4, -0.2) is 19.9 Å². The first kappa shape index (κ1) is 10.6. The summed E-state index contributed by atoms with van der Waals surface area (Å²) in [5.41, 5.74) is 3.11. The van der Waals surface area contributed by atoms with E-state index in [1.54, 1.807) is 6.20 Å². The topological polar surface area (TPSA) is 71.5 Å². The third-order valence-electron chi connectivity index (χ3n) is 2.70. The van der Waals surface area contributed by atoms with Crippen molar-refractivity contribution in [3.63, 3.8) is 0 Å². The van der Waals surface area contributed by atoms with Crippen molar-refractivity contribution in [2.45, 2.75) is 6.92 Å². The Labute approximate surface area is 103 Å². The van der Waals surface area contributed by atoms with Gasteiger partial charge in [-0.05, 0) is 6.92 Å². The van der Waals surface area contributed by atoms with E-state index in [2.05, 4.69) is 19.9 Å². The Hall–Kier alpha value is -2.56. The van der Waals surface area contributed by atoms with Crippen molar-refractivity contribution in [1.29, 1.82) is 0 Å². The van der Waals surface area contributed by atoms with Gasteiger partial charge in [-0.15, -0.1) is 0 Å².